The van der Waals surface area contributed by atoms with E-state index in [-0.39, 0.29) is 0 Å². The van der Waals surface area contributed by atoms with Crippen LogP contribution in [-0.4, -0.2) is 36.9 Å². The highest BCUT2D eigenvalue weighted by atomic mass is 127. The topological polar surface area (TPSA) is 44.2 Å². The average molecular weight is 419 g/mol. The van der Waals surface area contributed by atoms with Crippen LogP contribution in [0.2, 0.25) is 5.15 Å². The predicted molar refractivity (Wildman–Crippen MR) is 91.6 cm³/mol. The number of methoxy groups -OCH3 is 1. The van der Waals surface area contributed by atoms with Crippen LogP contribution in [0.25, 0.3) is 11.3 Å². The second-order valence-corrected chi connectivity index (χ2v) is 5.75. The molecule has 0 fully saturated rings. The van der Waals surface area contributed by atoms with Gasteiger partial charge in [0.2, 0.25) is 0 Å². The van der Waals surface area contributed by atoms with Crippen LogP contribution < -0.4 is 0 Å². The number of halogens is 2. The molecule has 21 heavy (non-hydrogen) atoms. The Morgan fingerprint density at radius 3 is 2.57 bits per heavy atom. The third-order valence-corrected chi connectivity index (χ3v) is 4.42. The summed E-state index contributed by atoms with van der Waals surface area (Å²) in [6.45, 7) is 1.71. The van der Waals surface area contributed by atoms with Crippen molar-refractivity contribution >= 4 is 34.2 Å². The first kappa shape index (κ1) is 16.6. The second-order valence-electron chi connectivity index (χ2n) is 4.31. The van der Waals surface area contributed by atoms with Crippen LogP contribution in [0.3, 0.4) is 0 Å². The van der Waals surface area contributed by atoms with Gasteiger partial charge in [-0.25, -0.2) is 9.97 Å². The fourth-order valence-electron chi connectivity index (χ4n) is 1.77. The average Bonchev–Trinajstić information content (AvgIpc) is 2.51. The Morgan fingerprint density at radius 1 is 1.10 bits per heavy atom. The van der Waals surface area contributed by atoms with Gasteiger partial charge in [-0.05, 0) is 22.6 Å². The number of ether oxygens (including phenoxy) is 2. The molecule has 0 aliphatic heterocycles. The van der Waals surface area contributed by atoms with Crippen LogP contribution >= 0.6 is 34.2 Å². The summed E-state index contributed by atoms with van der Waals surface area (Å²) in [5.74, 6) is 0.691. The zero-order valence-electron chi connectivity index (χ0n) is 11.7. The van der Waals surface area contributed by atoms with Crippen LogP contribution in [0.15, 0.2) is 30.3 Å². The minimum Gasteiger partial charge on any atom is -0.382 e. The maximum Gasteiger partial charge on any atom is 0.146 e. The molecule has 0 spiro atoms. The summed E-state index contributed by atoms with van der Waals surface area (Å²) in [6, 6.07) is 9.97. The number of hydrogen-bond acceptors (Lipinski definition) is 4. The van der Waals surface area contributed by atoms with Gasteiger partial charge in [-0.15, -0.1) is 0 Å². The lowest BCUT2D eigenvalue weighted by Crippen LogP contribution is -2.08. The largest absolute Gasteiger partial charge is 0.382 e. The lowest BCUT2D eigenvalue weighted by Gasteiger charge is -2.09. The molecule has 112 valence electrons. The van der Waals surface area contributed by atoms with E-state index in [4.69, 9.17) is 21.1 Å². The second kappa shape index (κ2) is 8.63. The number of rotatable bonds is 7. The van der Waals surface area contributed by atoms with Gasteiger partial charge < -0.3 is 9.47 Å². The molecule has 0 bridgehead atoms. The molecule has 0 N–H and O–H groups in total. The molecule has 0 amide bonds. The normalized spacial score (nSPS) is 10.8. The van der Waals surface area contributed by atoms with Gasteiger partial charge >= 0.3 is 0 Å². The van der Waals surface area contributed by atoms with Crippen LogP contribution in [0.1, 0.15) is 5.82 Å². The van der Waals surface area contributed by atoms with Gasteiger partial charge in [0.1, 0.15) is 11.0 Å². The summed E-state index contributed by atoms with van der Waals surface area (Å²) >= 11 is 8.39. The van der Waals surface area contributed by atoms with Crippen LogP contribution in [0.4, 0.5) is 0 Å². The lowest BCUT2D eigenvalue weighted by molar-refractivity contribution is 0.0716. The maximum atomic E-state index is 6.21. The summed E-state index contributed by atoms with van der Waals surface area (Å²) in [6.07, 6.45) is 0.625. The Morgan fingerprint density at radius 2 is 1.86 bits per heavy atom. The Bertz CT molecular complexity index is 581. The third-order valence-electron chi connectivity index (χ3n) is 2.81. The Hall–Kier alpha value is -0.760. The SMILES string of the molecule is COCCOCCc1nc(Cl)c(I)c(-c2ccccc2)n1. The van der Waals surface area contributed by atoms with Gasteiger partial charge in [0, 0.05) is 19.1 Å². The van der Waals surface area contributed by atoms with Crippen molar-refractivity contribution < 1.29 is 9.47 Å². The van der Waals surface area contributed by atoms with E-state index in [1.807, 2.05) is 30.3 Å². The Labute approximate surface area is 143 Å². The van der Waals surface area contributed by atoms with Crippen LogP contribution in [0, 0.1) is 3.57 Å². The summed E-state index contributed by atoms with van der Waals surface area (Å²) in [5, 5.41) is 0.483. The number of nitrogens with zero attached hydrogens (tertiary/aromatic N) is 2. The van der Waals surface area contributed by atoms with E-state index in [1.165, 1.54) is 0 Å². The fraction of sp³-hybridized carbons (Fsp3) is 0.333. The molecule has 0 radical (unpaired) electrons. The van der Waals surface area contributed by atoms with Crippen molar-refractivity contribution in [3.63, 3.8) is 0 Å². The minimum absolute atomic E-state index is 0.483. The van der Waals surface area contributed by atoms with E-state index >= 15 is 0 Å². The molecule has 0 saturated carbocycles. The van der Waals surface area contributed by atoms with Gasteiger partial charge in [-0.2, -0.15) is 0 Å². The molecule has 0 atom stereocenters. The quantitative estimate of drug-likeness (QED) is 0.391. The highest BCUT2D eigenvalue weighted by molar-refractivity contribution is 14.1. The Balaban J connectivity index is 2.12. The first-order chi connectivity index (χ1) is 10.2. The molecule has 1 aromatic heterocycles. The molecule has 4 nitrogen and oxygen atoms in total. The van der Waals surface area contributed by atoms with E-state index in [2.05, 4.69) is 32.6 Å². The van der Waals surface area contributed by atoms with Crippen molar-refractivity contribution in [2.45, 2.75) is 6.42 Å². The van der Waals surface area contributed by atoms with Crippen molar-refractivity contribution in [2.24, 2.45) is 0 Å². The number of aromatic nitrogens is 2. The first-order valence-corrected chi connectivity index (χ1v) is 8.02. The summed E-state index contributed by atoms with van der Waals surface area (Å²) in [5.41, 5.74) is 1.90. The zero-order valence-corrected chi connectivity index (χ0v) is 14.6. The smallest absolute Gasteiger partial charge is 0.146 e. The van der Waals surface area contributed by atoms with E-state index < -0.39 is 0 Å². The summed E-state index contributed by atoms with van der Waals surface area (Å²) in [4.78, 5) is 8.92. The van der Waals surface area contributed by atoms with E-state index in [0.29, 0.717) is 37.2 Å². The molecule has 0 aliphatic carbocycles. The monoisotopic (exact) mass is 418 g/mol. The van der Waals surface area contributed by atoms with E-state index in [9.17, 15) is 0 Å². The molecule has 0 aliphatic rings. The Kier molecular flexibility index (Phi) is 6.82. The fourth-order valence-corrected chi connectivity index (χ4v) is 2.51. The molecular formula is C15H16ClIN2O2. The molecule has 0 saturated heterocycles. The molecule has 2 aromatic rings. The summed E-state index contributed by atoms with van der Waals surface area (Å²) < 4.78 is 11.2. The van der Waals surface area contributed by atoms with Gasteiger partial charge in [0.25, 0.3) is 0 Å². The lowest BCUT2D eigenvalue weighted by atomic mass is 10.1. The van der Waals surface area contributed by atoms with Crippen molar-refractivity contribution in [3.05, 3.63) is 44.9 Å². The zero-order chi connectivity index (χ0) is 15.1. The summed E-state index contributed by atoms with van der Waals surface area (Å²) in [7, 11) is 1.65. The number of hydrogen-bond donors (Lipinski definition) is 0. The maximum absolute atomic E-state index is 6.21. The first-order valence-electron chi connectivity index (χ1n) is 6.56. The standard InChI is InChI=1S/C15H16ClIN2O2/c1-20-9-10-21-8-7-12-18-14(13(17)15(16)19-12)11-5-3-2-4-6-11/h2-6H,7-10H2,1H3. The highest BCUT2D eigenvalue weighted by Gasteiger charge is 2.12. The molecule has 1 heterocycles. The molecule has 6 heteroatoms. The minimum atomic E-state index is 0.483. The van der Waals surface area contributed by atoms with Gasteiger partial charge in [0.05, 0.1) is 29.1 Å². The van der Waals surface area contributed by atoms with Gasteiger partial charge in [0.15, 0.2) is 0 Å². The molecule has 0 unspecified atom stereocenters. The highest BCUT2D eigenvalue weighted by Crippen LogP contribution is 2.27. The van der Waals surface area contributed by atoms with Crippen LogP contribution in [0.5, 0.6) is 0 Å². The number of benzene rings is 1. The van der Waals surface area contributed by atoms with Crippen molar-refractivity contribution in [3.8, 4) is 11.3 Å². The van der Waals surface area contributed by atoms with E-state index in [0.717, 1.165) is 14.8 Å². The molecular weight excluding hydrogens is 403 g/mol. The van der Waals surface area contributed by atoms with Crippen molar-refractivity contribution in [2.75, 3.05) is 26.9 Å². The van der Waals surface area contributed by atoms with Gasteiger partial charge in [-0.1, -0.05) is 41.9 Å². The third kappa shape index (κ3) is 4.88. The van der Waals surface area contributed by atoms with E-state index in [1.54, 1.807) is 7.11 Å². The van der Waals surface area contributed by atoms with Crippen LogP contribution in [-0.2, 0) is 15.9 Å². The molecule has 1 aromatic carbocycles. The predicted octanol–water partition coefficient (Wildman–Crippen LogP) is 3.61. The molecule has 2 rings (SSSR count). The van der Waals surface area contributed by atoms with Crippen molar-refractivity contribution in [1.82, 2.24) is 9.97 Å². The van der Waals surface area contributed by atoms with Crippen molar-refractivity contribution in [1.29, 1.82) is 0 Å². The van der Waals surface area contributed by atoms with Gasteiger partial charge in [-0.3, -0.25) is 0 Å².